The van der Waals surface area contributed by atoms with E-state index in [-0.39, 0.29) is 0 Å². The third kappa shape index (κ3) is 2.16. The minimum atomic E-state index is 0.348. The number of fused-ring (bicyclic) bond motifs is 1. The summed E-state index contributed by atoms with van der Waals surface area (Å²) in [7, 11) is 0. The molecule has 0 spiro atoms. The summed E-state index contributed by atoms with van der Waals surface area (Å²) in [5.74, 6) is 6.55. The summed E-state index contributed by atoms with van der Waals surface area (Å²) in [4.78, 5) is 9.78. The fourth-order valence-corrected chi connectivity index (χ4v) is 3.31. The Bertz CT molecular complexity index is 539. The van der Waals surface area contributed by atoms with Crippen molar-refractivity contribution in [2.45, 2.75) is 25.3 Å². The molecule has 2 heterocycles. The van der Waals surface area contributed by atoms with Crippen LogP contribution in [0.5, 0.6) is 0 Å². The Morgan fingerprint density at radius 2 is 2.33 bits per heavy atom. The van der Waals surface area contributed by atoms with Crippen molar-refractivity contribution in [2.75, 3.05) is 10.7 Å². The number of nitrogens with one attached hydrogen (secondary N) is 2. The molecule has 0 bridgehead atoms. The van der Waals surface area contributed by atoms with Gasteiger partial charge in [0.2, 0.25) is 5.95 Å². The van der Waals surface area contributed by atoms with Crippen LogP contribution in [-0.4, -0.2) is 9.97 Å². The van der Waals surface area contributed by atoms with Crippen LogP contribution in [0.4, 0.5) is 11.8 Å². The second kappa shape index (κ2) is 4.91. The van der Waals surface area contributed by atoms with Gasteiger partial charge in [-0.2, -0.15) is 4.98 Å². The Morgan fingerprint density at radius 1 is 1.39 bits per heavy atom. The number of aromatic nitrogens is 2. The van der Waals surface area contributed by atoms with Crippen LogP contribution in [0.15, 0.2) is 23.7 Å². The van der Waals surface area contributed by atoms with E-state index in [0.717, 1.165) is 12.2 Å². The summed E-state index contributed by atoms with van der Waals surface area (Å²) in [6.45, 7) is 0. The monoisotopic (exact) mass is 261 g/mol. The molecule has 1 aliphatic rings. The molecule has 94 valence electrons. The molecule has 5 nitrogen and oxygen atoms in total. The van der Waals surface area contributed by atoms with Crippen molar-refractivity contribution in [1.29, 1.82) is 0 Å². The Balaban J connectivity index is 1.81. The van der Waals surface area contributed by atoms with Crippen LogP contribution in [0.25, 0.3) is 0 Å². The zero-order valence-electron chi connectivity index (χ0n) is 9.89. The van der Waals surface area contributed by atoms with E-state index >= 15 is 0 Å². The maximum atomic E-state index is 5.31. The van der Waals surface area contributed by atoms with Crippen LogP contribution in [-0.2, 0) is 6.42 Å². The first kappa shape index (κ1) is 11.4. The van der Waals surface area contributed by atoms with Gasteiger partial charge in [0.05, 0.1) is 6.04 Å². The van der Waals surface area contributed by atoms with E-state index in [1.807, 2.05) is 17.4 Å². The van der Waals surface area contributed by atoms with Crippen molar-refractivity contribution in [3.8, 4) is 0 Å². The first-order valence-corrected chi connectivity index (χ1v) is 6.87. The van der Waals surface area contributed by atoms with Crippen molar-refractivity contribution in [3.63, 3.8) is 0 Å². The summed E-state index contributed by atoms with van der Waals surface area (Å²) < 4.78 is 0. The number of hydrogen-bond donors (Lipinski definition) is 3. The Hall–Kier alpha value is -1.66. The molecule has 1 aliphatic carbocycles. The maximum absolute atomic E-state index is 5.31. The Kier molecular flexibility index (Phi) is 3.12. The highest BCUT2D eigenvalue weighted by Crippen LogP contribution is 2.35. The van der Waals surface area contributed by atoms with E-state index in [4.69, 9.17) is 5.84 Å². The molecule has 0 aliphatic heterocycles. The largest absolute Gasteiger partial charge is 0.363 e. The summed E-state index contributed by atoms with van der Waals surface area (Å²) >= 11 is 1.84. The van der Waals surface area contributed by atoms with Gasteiger partial charge in [0.25, 0.3) is 0 Å². The van der Waals surface area contributed by atoms with Gasteiger partial charge < -0.3 is 5.32 Å². The second-order valence-electron chi connectivity index (χ2n) is 4.30. The number of aryl methyl sites for hydroxylation is 1. The molecule has 0 fully saturated rings. The van der Waals surface area contributed by atoms with Gasteiger partial charge in [-0.3, -0.25) is 5.43 Å². The Morgan fingerprint density at radius 3 is 3.22 bits per heavy atom. The summed E-state index contributed by atoms with van der Waals surface area (Å²) in [6, 6.07) is 4.42. The molecule has 18 heavy (non-hydrogen) atoms. The van der Waals surface area contributed by atoms with Gasteiger partial charge in [0, 0.05) is 11.1 Å². The SMILES string of the molecule is NNc1nccc(NC2CCCc3sccc32)n1. The van der Waals surface area contributed by atoms with E-state index in [2.05, 4.69) is 32.2 Å². The molecule has 0 radical (unpaired) electrons. The molecule has 2 aromatic heterocycles. The quantitative estimate of drug-likeness (QED) is 0.584. The van der Waals surface area contributed by atoms with Crippen LogP contribution in [0, 0.1) is 0 Å². The first-order chi connectivity index (χ1) is 8.86. The van der Waals surface area contributed by atoms with Crippen molar-refractivity contribution in [2.24, 2.45) is 5.84 Å². The van der Waals surface area contributed by atoms with Gasteiger partial charge in [-0.05, 0) is 42.3 Å². The smallest absolute Gasteiger partial charge is 0.239 e. The van der Waals surface area contributed by atoms with Crippen LogP contribution in [0.1, 0.15) is 29.3 Å². The van der Waals surface area contributed by atoms with E-state index in [9.17, 15) is 0 Å². The van der Waals surface area contributed by atoms with Gasteiger partial charge in [0.15, 0.2) is 0 Å². The van der Waals surface area contributed by atoms with Gasteiger partial charge in [-0.25, -0.2) is 10.8 Å². The van der Waals surface area contributed by atoms with Crippen LogP contribution in [0.2, 0.25) is 0 Å². The fourth-order valence-electron chi connectivity index (χ4n) is 2.32. The molecule has 6 heteroatoms. The molecule has 1 unspecified atom stereocenters. The maximum Gasteiger partial charge on any atom is 0.239 e. The van der Waals surface area contributed by atoms with E-state index in [1.165, 1.54) is 23.3 Å². The number of hydrogen-bond acceptors (Lipinski definition) is 6. The predicted octanol–water partition coefficient (Wildman–Crippen LogP) is 2.31. The van der Waals surface area contributed by atoms with E-state index in [0.29, 0.717) is 12.0 Å². The number of thiophene rings is 1. The molecule has 0 amide bonds. The third-order valence-electron chi connectivity index (χ3n) is 3.16. The molecular formula is C12H15N5S. The normalized spacial score (nSPS) is 18.2. The number of nitrogen functional groups attached to an aromatic ring is 1. The van der Waals surface area contributed by atoms with Crippen molar-refractivity contribution in [1.82, 2.24) is 9.97 Å². The van der Waals surface area contributed by atoms with Crippen LogP contribution in [0.3, 0.4) is 0 Å². The summed E-state index contributed by atoms with van der Waals surface area (Å²) in [5.41, 5.74) is 3.87. The average molecular weight is 261 g/mol. The highest BCUT2D eigenvalue weighted by atomic mass is 32.1. The average Bonchev–Trinajstić information content (AvgIpc) is 2.88. The van der Waals surface area contributed by atoms with Gasteiger partial charge in [0.1, 0.15) is 5.82 Å². The lowest BCUT2D eigenvalue weighted by Crippen LogP contribution is -2.17. The standard InChI is InChI=1S/C12H15N5S/c13-17-12-14-6-4-11(16-12)15-9-2-1-3-10-8(9)5-7-18-10/h4-7,9H,1-3,13H2,(H2,14,15,16,17). The van der Waals surface area contributed by atoms with Crippen LogP contribution >= 0.6 is 11.3 Å². The molecule has 3 rings (SSSR count). The molecular weight excluding hydrogens is 246 g/mol. The number of nitrogens with zero attached hydrogens (tertiary/aromatic N) is 2. The van der Waals surface area contributed by atoms with Crippen molar-refractivity contribution < 1.29 is 0 Å². The topological polar surface area (TPSA) is 75.9 Å². The number of hydrazine groups is 1. The highest BCUT2D eigenvalue weighted by molar-refractivity contribution is 7.10. The molecule has 0 saturated carbocycles. The van der Waals surface area contributed by atoms with Gasteiger partial charge in [-0.1, -0.05) is 0 Å². The lowest BCUT2D eigenvalue weighted by atomic mass is 9.94. The van der Waals surface area contributed by atoms with Crippen molar-refractivity contribution >= 4 is 23.1 Å². The van der Waals surface area contributed by atoms with Crippen molar-refractivity contribution in [3.05, 3.63) is 34.2 Å². The summed E-state index contributed by atoms with van der Waals surface area (Å²) in [6.07, 6.45) is 5.25. The summed E-state index contributed by atoms with van der Waals surface area (Å²) in [5, 5.41) is 5.62. The minimum Gasteiger partial charge on any atom is -0.363 e. The first-order valence-electron chi connectivity index (χ1n) is 5.99. The van der Waals surface area contributed by atoms with Gasteiger partial charge >= 0.3 is 0 Å². The molecule has 0 aromatic carbocycles. The zero-order chi connectivity index (χ0) is 12.4. The van der Waals surface area contributed by atoms with Crippen LogP contribution < -0.4 is 16.6 Å². The van der Waals surface area contributed by atoms with E-state index in [1.54, 1.807) is 6.20 Å². The molecule has 2 aromatic rings. The number of anilines is 2. The Labute approximate surface area is 109 Å². The zero-order valence-corrected chi connectivity index (χ0v) is 10.7. The highest BCUT2D eigenvalue weighted by Gasteiger charge is 2.21. The second-order valence-corrected chi connectivity index (χ2v) is 5.30. The molecule has 0 saturated heterocycles. The molecule has 4 N–H and O–H groups in total. The lowest BCUT2D eigenvalue weighted by Gasteiger charge is -2.24. The fraction of sp³-hybridized carbons (Fsp3) is 0.333. The third-order valence-corrected chi connectivity index (χ3v) is 4.16. The predicted molar refractivity (Wildman–Crippen MR) is 73.5 cm³/mol. The lowest BCUT2D eigenvalue weighted by molar-refractivity contribution is 0.607. The minimum absolute atomic E-state index is 0.348. The molecule has 1 atom stereocenters. The van der Waals surface area contributed by atoms with Gasteiger partial charge in [-0.15, -0.1) is 11.3 Å². The number of nitrogens with two attached hydrogens (primary N) is 1. The van der Waals surface area contributed by atoms with E-state index < -0.39 is 0 Å². The number of rotatable bonds is 3.